The number of tetrazole rings is 1. The number of methoxy groups -OCH3 is 1. The lowest BCUT2D eigenvalue weighted by atomic mass is 10.1. The topological polar surface area (TPSA) is 95.9 Å². The molecule has 2 aromatic heterocycles. The van der Waals surface area contributed by atoms with Crippen LogP contribution < -0.4 is 5.73 Å². The lowest BCUT2D eigenvalue weighted by molar-refractivity contribution is -0.136. The summed E-state index contributed by atoms with van der Waals surface area (Å²) in [5, 5.41) is 12.7. The molecule has 0 radical (unpaired) electrons. The monoisotopic (exact) mass is 265 g/mol. The molecule has 0 amide bonds. The Hall–Kier alpha value is -2.22. The molecule has 0 aliphatic heterocycles. The Morgan fingerprint density at radius 1 is 1.67 bits per heavy atom. The third kappa shape index (κ3) is 2.09. The molecular weight excluding hydrogens is 254 g/mol. The minimum absolute atomic E-state index is 0.110. The molecule has 0 aromatic carbocycles. The fraction of sp³-hybridized carbons (Fsp3) is 0.200. The minimum atomic E-state index is -0.549. The van der Waals surface area contributed by atoms with Gasteiger partial charge in [0.25, 0.3) is 0 Å². The van der Waals surface area contributed by atoms with E-state index in [1.54, 1.807) is 0 Å². The predicted molar refractivity (Wildman–Crippen MR) is 65.8 cm³/mol. The van der Waals surface area contributed by atoms with E-state index in [1.807, 2.05) is 17.5 Å². The lowest BCUT2D eigenvalue weighted by Gasteiger charge is -2.16. The maximum atomic E-state index is 11.6. The smallest absolute Gasteiger partial charge is 0.335 e. The predicted octanol–water partition coefficient (Wildman–Crippen LogP) is 0.635. The average Bonchev–Trinajstić information content (AvgIpc) is 3.01. The van der Waals surface area contributed by atoms with Crippen LogP contribution in [0.2, 0.25) is 0 Å². The summed E-state index contributed by atoms with van der Waals surface area (Å²) in [6.45, 7) is 3.74. The third-order valence-corrected chi connectivity index (χ3v) is 3.28. The molecule has 0 fully saturated rings. The van der Waals surface area contributed by atoms with Crippen molar-refractivity contribution in [2.75, 3.05) is 12.8 Å². The summed E-state index contributed by atoms with van der Waals surface area (Å²) in [6.07, 6.45) is 0. The molecule has 2 heterocycles. The Balaban J connectivity index is 2.45. The molecule has 0 bridgehead atoms. The zero-order valence-electron chi connectivity index (χ0n) is 9.61. The van der Waals surface area contributed by atoms with Crippen LogP contribution in [-0.4, -0.2) is 33.3 Å². The van der Waals surface area contributed by atoms with Crippen molar-refractivity contribution >= 4 is 23.3 Å². The summed E-state index contributed by atoms with van der Waals surface area (Å²) in [4.78, 5) is 12.5. The average molecular weight is 265 g/mol. The van der Waals surface area contributed by atoms with Crippen molar-refractivity contribution in [3.63, 3.8) is 0 Å². The Morgan fingerprint density at radius 2 is 2.44 bits per heavy atom. The molecule has 8 heteroatoms. The molecule has 2 rings (SSSR count). The molecule has 1 atom stereocenters. The number of thiophene rings is 1. The highest BCUT2D eigenvalue weighted by Gasteiger charge is 2.27. The van der Waals surface area contributed by atoms with E-state index in [9.17, 15) is 4.79 Å². The lowest BCUT2D eigenvalue weighted by Crippen LogP contribution is -2.21. The zero-order valence-corrected chi connectivity index (χ0v) is 10.4. The van der Waals surface area contributed by atoms with Gasteiger partial charge in [0, 0.05) is 4.88 Å². The van der Waals surface area contributed by atoms with Crippen LogP contribution in [0.25, 0.3) is 0 Å². The van der Waals surface area contributed by atoms with E-state index in [-0.39, 0.29) is 11.5 Å². The summed E-state index contributed by atoms with van der Waals surface area (Å²) < 4.78 is 6.01. The molecule has 2 N–H and O–H groups in total. The molecular formula is C10H11N5O2S. The fourth-order valence-electron chi connectivity index (χ4n) is 1.51. The van der Waals surface area contributed by atoms with Crippen molar-refractivity contribution in [2.45, 2.75) is 6.04 Å². The van der Waals surface area contributed by atoms with E-state index in [1.165, 1.54) is 23.1 Å². The molecule has 2 aromatic rings. The van der Waals surface area contributed by atoms with Gasteiger partial charge in [0.15, 0.2) is 0 Å². The van der Waals surface area contributed by atoms with E-state index in [2.05, 4.69) is 26.8 Å². The van der Waals surface area contributed by atoms with E-state index in [4.69, 9.17) is 5.73 Å². The van der Waals surface area contributed by atoms with E-state index in [0.29, 0.717) is 0 Å². The Bertz CT molecular complexity index is 563. The number of carbonyl (C=O) groups excluding carboxylic acids is 1. The third-order valence-electron chi connectivity index (χ3n) is 2.35. The first-order valence-electron chi connectivity index (χ1n) is 4.99. The van der Waals surface area contributed by atoms with Gasteiger partial charge in [-0.2, -0.15) is 4.68 Å². The van der Waals surface area contributed by atoms with E-state index in [0.717, 1.165) is 4.88 Å². The van der Waals surface area contributed by atoms with Crippen LogP contribution in [0.5, 0.6) is 0 Å². The number of anilines is 1. The molecule has 7 nitrogen and oxygen atoms in total. The molecule has 18 heavy (non-hydrogen) atoms. The van der Waals surface area contributed by atoms with Gasteiger partial charge in [0.05, 0.1) is 12.7 Å². The van der Waals surface area contributed by atoms with Gasteiger partial charge in [0.2, 0.25) is 5.95 Å². The van der Waals surface area contributed by atoms with Crippen molar-refractivity contribution in [3.8, 4) is 0 Å². The fourth-order valence-corrected chi connectivity index (χ4v) is 2.36. The van der Waals surface area contributed by atoms with Gasteiger partial charge >= 0.3 is 5.97 Å². The molecule has 0 aliphatic carbocycles. The molecule has 1 unspecified atom stereocenters. The molecule has 0 aliphatic rings. The van der Waals surface area contributed by atoms with Crippen molar-refractivity contribution in [3.05, 3.63) is 34.5 Å². The zero-order chi connectivity index (χ0) is 13.1. The number of hydrogen-bond acceptors (Lipinski definition) is 7. The van der Waals surface area contributed by atoms with Gasteiger partial charge in [-0.3, -0.25) is 0 Å². The van der Waals surface area contributed by atoms with Crippen molar-refractivity contribution in [1.29, 1.82) is 0 Å². The van der Waals surface area contributed by atoms with Crippen molar-refractivity contribution < 1.29 is 9.53 Å². The number of nitrogens with zero attached hydrogens (tertiary/aromatic N) is 4. The van der Waals surface area contributed by atoms with Gasteiger partial charge in [-0.25, -0.2) is 4.79 Å². The minimum Gasteiger partial charge on any atom is -0.466 e. The molecule has 0 saturated heterocycles. The number of nitrogen functional groups attached to an aromatic ring is 1. The summed E-state index contributed by atoms with van der Waals surface area (Å²) in [5.41, 5.74) is 5.89. The number of carbonyl (C=O) groups is 1. The maximum Gasteiger partial charge on any atom is 0.335 e. The van der Waals surface area contributed by atoms with E-state index < -0.39 is 12.0 Å². The molecule has 94 valence electrons. The summed E-state index contributed by atoms with van der Waals surface area (Å²) in [7, 11) is 1.29. The van der Waals surface area contributed by atoms with Crippen LogP contribution in [0.1, 0.15) is 10.9 Å². The van der Waals surface area contributed by atoms with Crippen LogP contribution in [0.15, 0.2) is 29.7 Å². The van der Waals surface area contributed by atoms with Gasteiger partial charge in [-0.05, 0) is 21.9 Å². The highest BCUT2D eigenvalue weighted by Crippen LogP contribution is 2.30. The Morgan fingerprint density at radius 3 is 2.94 bits per heavy atom. The van der Waals surface area contributed by atoms with Gasteiger partial charge < -0.3 is 10.5 Å². The highest BCUT2D eigenvalue weighted by molar-refractivity contribution is 7.10. The van der Waals surface area contributed by atoms with Crippen molar-refractivity contribution in [1.82, 2.24) is 20.2 Å². The first-order valence-corrected chi connectivity index (χ1v) is 5.87. The number of rotatable bonds is 4. The summed E-state index contributed by atoms with van der Waals surface area (Å²) in [5.74, 6) is -0.415. The maximum absolute atomic E-state index is 11.6. The first kappa shape index (κ1) is 12.2. The largest absolute Gasteiger partial charge is 0.466 e. The summed E-state index contributed by atoms with van der Waals surface area (Å²) in [6, 6.07) is 3.16. The van der Waals surface area contributed by atoms with Crippen LogP contribution in [0.3, 0.4) is 0 Å². The number of nitrogens with two attached hydrogens (primary N) is 1. The van der Waals surface area contributed by atoms with Crippen molar-refractivity contribution in [2.24, 2.45) is 0 Å². The number of aromatic nitrogens is 4. The molecule has 0 spiro atoms. The second-order valence-electron chi connectivity index (χ2n) is 3.42. The quantitative estimate of drug-likeness (QED) is 0.643. The first-order chi connectivity index (χ1) is 8.65. The normalized spacial score (nSPS) is 12.1. The second kappa shape index (κ2) is 4.96. The summed E-state index contributed by atoms with van der Waals surface area (Å²) >= 11 is 1.45. The van der Waals surface area contributed by atoms with Crippen LogP contribution in [0.4, 0.5) is 5.95 Å². The van der Waals surface area contributed by atoms with Gasteiger partial charge in [0.1, 0.15) is 6.04 Å². The molecule has 0 saturated carbocycles. The van der Waals surface area contributed by atoms with Gasteiger partial charge in [-0.1, -0.05) is 17.7 Å². The van der Waals surface area contributed by atoms with Gasteiger partial charge in [-0.15, -0.1) is 11.3 Å². The number of ether oxygens (including phenoxy) is 1. The highest BCUT2D eigenvalue weighted by atomic mass is 32.1. The second-order valence-corrected chi connectivity index (χ2v) is 4.40. The SMILES string of the molecule is C=C(C(=O)OC)C(c1cccs1)n1nnnc1N. The Kier molecular flexibility index (Phi) is 3.38. The van der Waals surface area contributed by atoms with Crippen LogP contribution in [-0.2, 0) is 9.53 Å². The number of hydrogen-bond donors (Lipinski definition) is 1. The number of esters is 1. The van der Waals surface area contributed by atoms with E-state index >= 15 is 0 Å². The Labute approximate surface area is 107 Å². The van der Waals surface area contributed by atoms with Crippen LogP contribution >= 0.6 is 11.3 Å². The van der Waals surface area contributed by atoms with Crippen LogP contribution in [0, 0.1) is 0 Å². The standard InChI is InChI=1S/C10H11N5O2S/c1-6(9(16)17-2)8(7-4-3-5-18-7)15-10(11)12-13-14-15/h3-5,8H,1H2,2H3,(H2,11,12,14).